The SMILES string of the molecule is CC1(C)Cc2cncc3cncc1c23.CCC. The van der Waals surface area contributed by atoms with Crippen molar-refractivity contribution in [3.63, 3.8) is 0 Å². The number of hydrogen-bond acceptors (Lipinski definition) is 2. The summed E-state index contributed by atoms with van der Waals surface area (Å²) in [5.74, 6) is 0. The van der Waals surface area contributed by atoms with Gasteiger partial charge in [-0.1, -0.05) is 34.1 Å². The van der Waals surface area contributed by atoms with Crippen molar-refractivity contribution in [2.75, 3.05) is 0 Å². The van der Waals surface area contributed by atoms with Crippen LogP contribution in [0.2, 0.25) is 0 Å². The van der Waals surface area contributed by atoms with Crippen LogP contribution in [-0.2, 0) is 11.8 Å². The molecule has 0 spiro atoms. The number of rotatable bonds is 0. The van der Waals surface area contributed by atoms with Gasteiger partial charge in [0.25, 0.3) is 0 Å². The van der Waals surface area contributed by atoms with Crippen molar-refractivity contribution in [1.29, 1.82) is 0 Å². The lowest BCUT2D eigenvalue weighted by Gasteiger charge is -2.17. The summed E-state index contributed by atoms with van der Waals surface area (Å²) < 4.78 is 0. The second kappa shape index (κ2) is 4.44. The first-order chi connectivity index (χ1) is 8.10. The molecular weight excluding hydrogens is 208 g/mol. The van der Waals surface area contributed by atoms with Gasteiger partial charge in [0, 0.05) is 30.2 Å². The van der Waals surface area contributed by atoms with Gasteiger partial charge in [0.15, 0.2) is 0 Å². The van der Waals surface area contributed by atoms with E-state index >= 15 is 0 Å². The summed E-state index contributed by atoms with van der Waals surface area (Å²) in [7, 11) is 0. The van der Waals surface area contributed by atoms with Crippen molar-refractivity contribution in [3.8, 4) is 0 Å². The summed E-state index contributed by atoms with van der Waals surface area (Å²) in [4.78, 5) is 8.52. The van der Waals surface area contributed by atoms with E-state index in [1.54, 1.807) is 0 Å². The standard InChI is InChI=1S/C12H12N2.C3H8/c1-12(2)3-8-4-13-5-9-6-14-7-10(12)11(8)9;1-3-2/h4-7H,3H2,1-2H3;3H2,1-2H3. The predicted octanol–water partition coefficient (Wildman–Crippen LogP) is 3.88. The summed E-state index contributed by atoms with van der Waals surface area (Å²) in [6, 6.07) is 0. The molecule has 2 nitrogen and oxygen atoms in total. The van der Waals surface area contributed by atoms with Gasteiger partial charge in [0.05, 0.1) is 0 Å². The molecule has 0 aromatic carbocycles. The van der Waals surface area contributed by atoms with Crippen molar-refractivity contribution in [2.24, 2.45) is 0 Å². The van der Waals surface area contributed by atoms with Crippen LogP contribution in [0, 0.1) is 0 Å². The Labute approximate surface area is 103 Å². The first kappa shape index (κ1) is 12.0. The lowest BCUT2D eigenvalue weighted by atomic mass is 9.86. The Kier molecular flexibility index (Phi) is 3.14. The van der Waals surface area contributed by atoms with Gasteiger partial charge < -0.3 is 0 Å². The molecule has 2 aromatic rings. The van der Waals surface area contributed by atoms with Crippen LogP contribution < -0.4 is 0 Å². The molecule has 0 bridgehead atoms. The fraction of sp³-hybridized carbons (Fsp3) is 0.467. The molecule has 0 saturated heterocycles. The highest BCUT2D eigenvalue weighted by Gasteiger charge is 2.31. The molecule has 1 aliphatic carbocycles. The fourth-order valence-corrected chi connectivity index (χ4v) is 2.42. The quantitative estimate of drug-likeness (QED) is 0.684. The number of hydrogen-bond donors (Lipinski definition) is 0. The molecule has 2 aromatic heterocycles. The van der Waals surface area contributed by atoms with Gasteiger partial charge in [-0.3, -0.25) is 9.97 Å². The molecule has 3 rings (SSSR count). The monoisotopic (exact) mass is 228 g/mol. The first-order valence-corrected chi connectivity index (χ1v) is 6.31. The van der Waals surface area contributed by atoms with Gasteiger partial charge in [0.1, 0.15) is 0 Å². The van der Waals surface area contributed by atoms with E-state index in [2.05, 4.69) is 37.7 Å². The third-order valence-corrected chi connectivity index (χ3v) is 3.10. The molecule has 0 saturated carbocycles. The normalized spacial score (nSPS) is 15.5. The van der Waals surface area contributed by atoms with Crippen LogP contribution in [0.25, 0.3) is 10.8 Å². The maximum absolute atomic E-state index is 4.27. The maximum Gasteiger partial charge on any atom is 0.0362 e. The van der Waals surface area contributed by atoms with Crippen molar-refractivity contribution in [2.45, 2.75) is 46.0 Å². The zero-order valence-corrected chi connectivity index (χ0v) is 11.1. The van der Waals surface area contributed by atoms with Gasteiger partial charge >= 0.3 is 0 Å². The lowest BCUT2D eigenvalue weighted by Crippen LogP contribution is -2.14. The van der Waals surface area contributed by atoms with Crippen LogP contribution in [-0.4, -0.2) is 9.97 Å². The molecule has 0 aliphatic heterocycles. The van der Waals surface area contributed by atoms with E-state index in [0.29, 0.717) is 0 Å². The molecule has 0 fully saturated rings. The molecule has 90 valence electrons. The predicted molar refractivity (Wildman–Crippen MR) is 72.2 cm³/mol. The van der Waals surface area contributed by atoms with Crippen LogP contribution in [0.3, 0.4) is 0 Å². The molecule has 0 amide bonds. The highest BCUT2D eigenvalue weighted by atomic mass is 14.7. The van der Waals surface area contributed by atoms with E-state index in [1.165, 1.54) is 28.3 Å². The van der Waals surface area contributed by atoms with E-state index in [-0.39, 0.29) is 5.41 Å². The zero-order chi connectivity index (χ0) is 12.5. The topological polar surface area (TPSA) is 25.8 Å². The minimum Gasteiger partial charge on any atom is -0.264 e. The minimum absolute atomic E-state index is 0.220. The third kappa shape index (κ3) is 2.04. The second-order valence-corrected chi connectivity index (χ2v) is 5.35. The maximum atomic E-state index is 4.27. The lowest BCUT2D eigenvalue weighted by molar-refractivity contribution is 0.544. The molecule has 0 unspecified atom stereocenters. The average Bonchev–Trinajstić information content (AvgIpc) is 2.54. The second-order valence-electron chi connectivity index (χ2n) is 5.35. The van der Waals surface area contributed by atoms with E-state index in [0.717, 1.165) is 6.42 Å². The molecular formula is C15H20N2. The summed E-state index contributed by atoms with van der Waals surface area (Å²) in [5.41, 5.74) is 2.95. The van der Waals surface area contributed by atoms with Crippen LogP contribution >= 0.6 is 0 Å². The van der Waals surface area contributed by atoms with Crippen molar-refractivity contribution < 1.29 is 0 Å². The van der Waals surface area contributed by atoms with Crippen LogP contribution in [0.4, 0.5) is 0 Å². The third-order valence-electron chi connectivity index (χ3n) is 3.10. The summed E-state index contributed by atoms with van der Waals surface area (Å²) in [6.07, 6.45) is 10.1. The molecule has 2 heterocycles. The number of nitrogens with zero attached hydrogens (tertiary/aromatic N) is 2. The Bertz CT molecular complexity index is 524. The van der Waals surface area contributed by atoms with Gasteiger partial charge in [-0.2, -0.15) is 0 Å². The Morgan fingerprint density at radius 1 is 1.06 bits per heavy atom. The van der Waals surface area contributed by atoms with E-state index in [9.17, 15) is 0 Å². The smallest absolute Gasteiger partial charge is 0.0362 e. The van der Waals surface area contributed by atoms with Crippen molar-refractivity contribution in [1.82, 2.24) is 9.97 Å². The Morgan fingerprint density at radius 2 is 1.65 bits per heavy atom. The van der Waals surface area contributed by atoms with E-state index in [4.69, 9.17) is 0 Å². The Morgan fingerprint density at radius 3 is 2.29 bits per heavy atom. The average molecular weight is 228 g/mol. The zero-order valence-electron chi connectivity index (χ0n) is 11.1. The highest BCUT2D eigenvalue weighted by molar-refractivity contribution is 5.90. The molecule has 0 N–H and O–H groups in total. The minimum atomic E-state index is 0.220. The van der Waals surface area contributed by atoms with Crippen molar-refractivity contribution in [3.05, 3.63) is 35.9 Å². The molecule has 1 aliphatic rings. The Hall–Kier alpha value is -1.44. The van der Waals surface area contributed by atoms with Crippen LogP contribution in [0.5, 0.6) is 0 Å². The fourth-order valence-electron chi connectivity index (χ4n) is 2.42. The summed E-state index contributed by atoms with van der Waals surface area (Å²) in [5, 5.41) is 2.55. The van der Waals surface area contributed by atoms with Gasteiger partial charge in [-0.05, 0) is 28.3 Å². The summed E-state index contributed by atoms with van der Waals surface area (Å²) in [6.45, 7) is 8.78. The van der Waals surface area contributed by atoms with Crippen LogP contribution in [0.1, 0.15) is 45.2 Å². The summed E-state index contributed by atoms with van der Waals surface area (Å²) >= 11 is 0. The Balaban J connectivity index is 0.000000329. The largest absolute Gasteiger partial charge is 0.264 e. The van der Waals surface area contributed by atoms with E-state index < -0.39 is 0 Å². The van der Waals surface area contributed by atoms with E-state index in [1.807, 2.05) is 24.8 Å². The molecule has 0 atom stereocenters. The van der Waals surface area contributed by atoms with Gasteiger partial charge in [0.2, 0.25) is 0 Å². The van der Waals surface area contributed by atoms with Crippen molar-refractivity contribution >= 4 is 10.8 Å². The van der Waals surface area contributed by atoms with Crippen LogP contribution in [0.15, 0.2) is 24.8 Å². The molecule has 2 heteroatoms. The highest BCUT2D eigenvalue weighted by Crippen LogP contribution is 2.40. The first-order valence-electron chi connectivity index (χ1n) is 6.31. The van der Waals surface area contributed by atoms with Gasteiger partial charge in [-0.15, -0.1) is 0 Å². The number of aromatic nitrogens is 2. The molecule has 0 radical (unpaired) electrons. The molecule has 17 heavy (non-hydrogen) atoms. The van der Waals surface area contributed by atoms with Gasteiger partial charge in [-0.25, -0.2) is 0 Å². The number of pyridine rings is 2.